The van der Waals surface area contributed by atoms with E-state index in [1.165, 1.54) is 6.33 Å². The van der Waals surface area contributed by atoms with Crippen molar-refractivity contribution in [1.82, 2.24) is 15.2 Å². The maximum Gasteiger partial charge on any atom is 0.138 e. The van der Waals surface area contributed by atoms with Gasteiger partial charge in [-0.2, -0.15) is 5.10 Å². The molecule has 0 saturated heterocycles. The minimum Gasteiger partial charge on any atom is -0.231 e. The minimum absolute atomic E-state index is 0.813. The third-order valence-electron chi connectivity index (χ3n) is 0.816. The molecule has 0 spiro atoms. The Morgan fingerprint density at radius 2 is 2.62 bits per heavy atom. The first-order valence-electron chi connectivity index (χ1n) is 2.47. The molecule has 1 radical (unpaired) electrons. The van der Waals surface area contributed by atoms with Crippen molar-refractivity contribution < 1.29 is 0 Å². The van der Waals surface area contributed by atoms with E-state index in [-0.39, 0.29) is 0 Å². The summed E-state index contributed by atoms with van der Waals surface area (Å²) in [6, 6.07) is 0. The van der Waals surface area contributed by atoms with Crippen LogP contribution in [0.3, 0.4) is 0 Å². The number of hydrogen-bond donors (Lipinski definition) is 0. The first kappa shape index (κ1) is 5.15. The summed E-state index contributed by atoms with van der Waals surface area (Å²) in [6.07, 6.45) is 4.92. The van der Waals surface area contributed by atoms with Gasteiger partial charge in [0.15, 0.2) is 0 Å². The lowest BCUT2D eigenvalue weighted by Crippen LogP contribution is -1.90. The average molecular weight is 108 g/mol. The predicted octanol–water partition coefficient (Wildman–Crippen LogP) is 0.234. The van der Waals surface area contributed by atoms with Gasteiger partial charge in [0.2, 0.25) is 0 Å². The lowest BCUT2D eigenvalue weighted by molar-refractivity contribution is 0.872. The fourth-order valence-electron chi connectivity index (χ4n) is 0.397. The van der Waals surface area contributed by atoms with Crippen LogP contribution in [0, 0.1) is 6.20 Å². The van der Waals surface area contributed by atoms with Crippen LogP contribution in [0.5, 0.6) is 0 Å². The third kappa shape index (κ3) is 0.992. The van der Waals surface area contributed by atoms with Crippen LogP contribution in [0.1, 0.15) is 12.6 Å². The van der Waals surface area contributed by atoms with Crippen LogP contribution in [0.15, 0.2) is 6.33 Å². The first-order chi connectivity index (χ1) is 3.93. The molecule has 0 fully saturated rings. The smallest absolute Gasteiger partial charge is 0.138 e. The summed E-state index contributed by atoms with van der Waals surface area (Å²) in [5.41, 5.74) is 0.813. The number of aromatic nitrogens is 3. The van der Waals surface area contributed by atoms with Gasteiger partial charge in [0.25, 0.3) is 0 Å². The summed E-state index contributed by atoms with van der Waals surface area (Å²) < 4.78 is 0. The lowest BCUT2D eigenvalue weighted by atomic mass is 10.4. The lowest BCUT2D eigenvalue weighted by Gasteiger charge is -1.85. The van der Waals surface area contributed by atoms with Crippen LogP contribution < -0.4 is 0 Å². The molecule has 0 aliphatic heterocycles. The highest BCUT2D eigenvalue weighted by Crippen LogP contribution is 1.84. The normalized spacial score (nSPS) is 9.12. The molecule has 0 aliphatic carbocycles. The van der Waals surface area contributed by atoms with Crippen molar-refractivity contribution in [2.45, 2.75) is 13.3 Å². The zero-order valence-electron chi connectivity index (χ0n) is 4.63. The fraction of sp³-hybridized carbons (Fsp3) is 0.400. The number of hydrogen-bond acceptors (Lipinski definition) is 3. The van der Waals surface area contributed by atoms with E-state index in [0.717, 1.165) is 12.1 Å². The molecule has 0 amide bonds. The maximum absolute atomic E-state index is 3.73. The Hall–Kier alpha value is -0.990. The topological polar surface area (TPSA) is 38.7 Å². The van der Waals surface area contributed by atoms with Crippen LogP contribution >= 0.6 is 0 Å². The van der Waals surface area contributed by atoms with Crippen LogP contribution in [-0.2, 0) is 6.42 Å². The second-order valence-corrected chi connectivity index (χ2v) is 1.37. The Labute approximate surface area is 47.8 Å². The molecule has 1 rings (SSSR count). The molecule has 0 saturated carbocycles. The monoisotopic (exact) mass is 108 g/mol. The molecule has 3 heteroatoms. The van der Waals surface area contributed by atoms with Crippen LogP contribution in [0.25, 0.3) is 0 Å². The fourth-order valence-corrected chi connectivity index (χ4v) is 0.397. The molecule has 0 N–H and O–H groups in total. The summed E-state index contributed by atoms with van der Waals surface area (Å²) in [7, 11) is 0. The predicted molar refractivity (Wildman–Crippen MR) is 28.0 cm³/mol. The molecule has 8 heavy (non-hydrogen) atoms. The highest BCUT2D eigenvalue weighted by Gasteiger charge is 1.85. The van der Waals surface area contributed by atoms with Gasteiger partial charge in [0.05, 0.1) is 5.69 Å². The SMILES string of the molecule is CCc1[c]ncnn1. The molecule has 1 aromatic rings. The van der Waals surface area contributed by atoms with E-state index < -0.39 is 0 Å². The third-order valence-corrected chi connectivity index (χ3v) is 0.816. The Morgan fingerprint density at radius 1 is 1.75 bits per heavy atom. The molecule has 3 nitrogen and oxygen atoms in total. The van der Waals surface area contributed by atoms with Crippen LogP contribution in [-0.4, -0.2) is 15.2 Å². The quantitative estimate of drug-likeness (QED) is 0.517. The summed E-state index contributed by atoms with van der Waals surface area (Å²) in [6.45, 7) is 1.99. The molecular formula is C5H6N3. The van der Waals surface area contributed by atoms with Gasteiger partial charge in [-0.1, -0.05) is 6.92 Å². The Bertz CT molecular complexity index is 149. The van der Waals surface area contributed by atoms with E-state index in [1.807, 2.05) is 6.92 Å². The molecule has 0 bridgehead atoms. The molecule has 0 aliphatic rings. The summed E-state index contributed by atoms with van der Waals surface area (Å²) in [5, 5.41) is 7.29. The highest BCUT2D eigenvalue weighted by atomic mass is 15.1. The van der Waals surface area contributed by atoms with Gasteiger partial charge in [0.1, 0.15) is 12.5 Å². The van der Waals surface area contributed by atoms with Crippen molar-refractivity contribution in [3.8, 4) is 0 Å². The minimum atomic E-state index is 0.813. The zero-order valence-corrected chi connectivity index (χ0v) is 4.63. The first-order valence-corrected chi connectivity index (χ1v) is 2.47. The Kier molecular flexibility index (Phi) is 1.51. The van der Waals surface area contributed by atoms with Gasteiger partial charge in [-0.05, 0) is 6.42 Å². The standard InChI is InChI=1S/C5H6N3/c1-2-5-3-6-4-7-8-5/h4H,2H2,1H3. The van der Waals surface area contributed by atoms with Gasteiger partial charge >= 0.3 is 0 Å². The number of aryl methyl sites for hydroxylation is 1. The Morgan fingerprint density at radius 3 is 3.00 bits per heavy atom. The van der Waals surface area contributed by atoms with Crippen LogP contribution in [0.4, 0.5) is 0 Å². The van der Waals surface area contributed by atoms with E-state index in [0.29, 0.717) is 0 Å². The largest absolute Gasteiger partial charge is 0.231 e. The van der Waals surface area contributed by atoms with Gasteiger partial charge in [-0.25, -0.2) is 4.98 Å². The van der Waals surface area contributed by atoms with E-state index >= 15 is 0 Å². The van der Waals surface area contributed by atoms with Gasteiger partial charge < -0.3 is 0 Å². The van der Waals surface area contributed by atoms with Crippen molar-refractivity contribution in [1.29, 1.82) is 0 Å². The second kappa shape index (κ2) is 2.35. The molecule has 0 aromatic carbocycles. The molecule has 0 atom stereocenters. The Balaban J connectivity index is 2.83. The highest BCUT2D eigenvalue weighted by molar-refractivity contribution is 4.86. The van der Waals surface area contributed by atoms with Gasteiger partial charge in [-0.15, -0.1) is 5.10 Å². The van der Waals surface area contributed by atoms with Crippen molar-refractivity contribution in [3.63, 3.8) is 0 Å². The summed E-state index contributed by atoms with van der Waals surface area (Å²) >= 11 is 0. The molecule has 1 heterocycles. The van der Waals surface area contributed by atoms with Crippen molar-refractivity contribution in [2.75, 3.05) is 0 Å². The maximum atomic E-state index is 3.73. The summed E-state index contributed by atoms with van der Waals surface area (Å²) in [4.78, 5) is 3.66. The number of nitrogens with zero attached hydrogens (tertiary/aromatic N) is 3. The van der Waals surface area contributed by atoms with E-state index in [1.54, 1.807) is 0 Å². The average Bonchev–Trinajstić information content (AvgIpc) is 1.90. The molecule has 0 unspecified atom stereocenters. The van der Waals surface area contributed by atoms with Crippen molar-refractivity contribution in [2.24, 2.45) is 0 Å². The van der Waals surface area contributed by atoms with E-state index in [9.17, 15) is 0 Å². The second-order valence-electron chi connectivity index (χ2n) is 1.37. The molecule has 1 aromatic heterocycles. The number of rotatable bonds is 1. The molecule has 41 valence electrons. The van der Waals surface area contributed by atoms with Crippen LogP contribution in [0.2, 0.25) is 0 Å². The molecular weight excluding hydrogens is 102 g/mol. The zero-order chi connectivity index (χ0) is 5.82. The van der Waals surface area contributed by atoms with E-state index in [2.05, 4.69) is 21.4 Å². The van der Waals surface area contributed by atoms with E-state index in [4.69, 9.17) is 0 Å². The van der Waals surface area contributed by atoms with Gasteiger partial charge in [-0.3, -0.25) is 0 Å². The van der Waals surface area contributed by atoms with Gasteiger partial charge in [0, 0.05) is 0 Å². The summed E-state index contributed by atoms with van der Waals surface area (Å²) in [5.74, 6) is 0. The van der Waals surface area contributed by atoms with Crippen molar-refractivity contribution in [3.05, 3.63) is 18.2 Å². The van der Waals surface area contributed by atoms with Crippen molar-refractivity contribution >= 4 is 0 Å².